The van der Waals surface area contributed by atoms with Crippen LogP contribution in [0.15, 0.2) is 18.2 Å². The van der Waals surface area contributed by atoms with Gasteiger partial charge in [-0.2, -0.15) is 5.26 Å². The van der Waals surface area contributed by atoms with Crippen LogP contribution in [0.25, 0.3) is 0 Å². The molecule has 0 spiro atoms. The zero-order valence-corrected chi connectivity index (χ0v) is 7.62. The Labute approximate surface area is 78.4 Å². The van der Waals surface area contributed by atoms with Crippen LogP contribution in [0.5, 0.6) is 0 Å². The molecule has 0 fully saturated rings. The van der Waals surface area contributed by atoms with Crippen LogP contribution >= 0.6 is 0 Å². The molecule has 0 aromatic heterocycles. The smallest absolute Gasteiger partial charge is 0.0991 e. The van der Waals surface area contributed by atoms with Gasteiger partial charge in [-0.15, -0.1) is 0 Å². The average Bonchev–Trinajstić information content (AvgIpc) is 2.17. The number of hydrogen-bond donors (Lipinski definition) is 1. The van der Waals surface area contributed by atoms with Crippen molar-refractivity contribution in [2.24, 2.45) is 0 Å². The Morgan fingerprint density at radius 2 is 2.31 bits per heavy atom. The molecular weight excluding hydrogens is 162 g/mol. The molecule has 0 saturated heterocycles. The first-order valence-electron chi connectivity index (χ1n) is 4.13. The number of rotatable bonds is 2. The van der Waals surface area contributed by atoms with Gasteiger partial charge in [0.2, 0.25) is 0 Å². The van der Waals surface area contributed by atoms with Gasteiger partial charge < -0.3 is 5.11 Å². The molecule has 0 aliphatic carbocycles. The number of aliphatic hydroxyl groups excluding tert-OH is 1. The standard InChI is InChI=1S/C11H12NO/c1-8-3-4-10(6-12)5-11(8)9(2)7-13/h3-5,9,13H,2,7H2,1H3. The van der Waals surface area contributed by atoms with Crippen LogP contribution in [0.4, 0.5) is 0 Å². The van der Waals surface area contributed by atoms with Gasteiger partial charge in [0, 0.05) is 12.5 Å². The fourth-order valence-corrected chi connectivity index (χ4v) is 1.25. The molecule has 0 heterocycles. The fourth-order valence-electron chi connectivity index (χ4n) is 1.25. The lowest BCUT2D eigenvalue weighted by Gasteiger charge is -2.11. The summed E-state index contributed by atoms with van der Waals surface area (Å²) in [5.74, 6) is -0.145. The molecule has 13 heavy (non-hydrogen) atoms. The van der Waals surface area contributed by atoms with Crippen molar-refractivity contribution in [2.75, 3.05) is 6.61 Å². The summed E-state index contributed by atoms with van der Waals surface area (Å²) >= 11 is 0. The Bertz CT molecular complexity index is 338. The van der Waals surface area contributed by atoms with Gasteiger partial charge in [0.05, 0.1) is 11.6 Å². The van der Waals surface area contributed by atoms with Crippen LogP contribution in [0, 0.1) is 25.2 Å². The molecule has 1 aromatic carbocycles. The maximum absolute atomic E-state index is 8.93. The Kier molecular flexibility index (Phi) is 3.05. The normalized spacial score (nSPS) is 12.2. The Hall–Kier alpha value is -1.33. The second-order valence-corrected chi connectivity index (χ2v) is 3.06. The first kappa shape index (κ1) is 9.76. The summed E-state index contributed by atoms with van der Waals surface area (Å²) in [4.78, 5) is 0. The zero-order valence-electron chi connectivity index (χ0n) is 7.62. The van der Waals surface area contributed by atoms with E-state index in [0.29, 0.717) is 5.56 Å². The van der Waals surface area contributed by atoms with E-state index in [1.165, 1.54) is 0 Å². The molecule has 1 unspecified atom stereocenters. The Morgan fingerprint density at radius 3 is 2.85 bits per heavy atom. The van der Waals surface area contributed by atoms with Crippen LogP contribution in [0.2, 0.25) is 0 Å². The van der Waals surface area contributed by atoms with Gasteiger partial charge in [0.1, 0.15) is 0 Å². The number of hydrogen-bond acceptors (Lipinski definition) is 2. The van der Waals surface area contributed by atoms with Crippen molar-refractivity contribution in [3.63, 3.8) is 0 Å². The summed E-state index contributed by atoms with van der Waals surface area (Å²) < 4.78 is 0. The molecule has 1 aromatic rings. The molecule has 67 valence electrons. The van der Waals surface area contributed by atoms with Crippen molar-refractivity contribution in [1.82, 2.24) is 0 Å². The van der Waals surface area contributed by atoms with Crippen molar-refractivity contribution >= 4 is 0 Å². The lowest BCUT2D eigenvalue weighted by Crippen LogP contribution is -2.02. The zero-order chi connectivity index (χ0) is 9.84. The molecule has 1 rings (SSSR count). The van der Waals surface area contributed by atoms with Crippen molar-refractivity contribution in [2.45, 2.75) is 12.8 Å². The predicted molar refractivity (Wildman–Crippen MR) is 51.1 cm³/mol. The highest BCUT2D eigenvalue weighted by molar-refractivity contribution is 5.39. The monoisotopic (exact) mass is 174 g/mol. The molecule has 0 aliphatic rings. The number of nitrogens with zero attached hydrogens (tertiary/aromatic N) is 1. The highest BCUT2D eigenvalue weighted by Gasteiger charge is 2.07. The summed E-state index contributed by atoms with van der Waals surface area (Å²) in [5, 5.41) is 17.6. The van der Waals surface area contributed by atoms with E-state index in [2.05, 4.69) is 13.0 Å². The van der Waals surface area contributed by atoms with Crippen LogP contribution < -0.4 is 0 Å². The lowest BCUT2D eigenvalue weighted by molar-refractivity contribution is 0.282. The van der Waals surface area contributed by atoms with E-state index >= 15 is 0 Å². The van der Waals surface area contributed by atoms with Gasteiger partial charge in [-0.25, -0.2) is 0 Å². The second kappa shape index (κ2) is 4.06. The first-order chi connectivity index (χ1) is 6.19. The van der Waals surface area contributed by atoms with Crippen LogP contribution in [-0.2, 0) is 0 Å². The van der Waals surface area contributed by atoms with Gasteiger partial charge >= 0.3 is 0 Å². The topological polar surface area (TPSA) is 44.0 Å². The van der Waals surface area contributed by atoms with Gasteiger partial charge in [-0.3, -0.25) is 0 Å². The Morgan fingerprint density at radius 1 is 1.62 bits per heavy atom. The van der Waals surface area contributed by atoms with E-state index in [1.807, 2.05) is 13.0 Å². The molecule has 0 amide bonds. The molecule has 0 aliphatic heterocycles. The van der Waals surface area contributed by atoms with E-state index in [1.54, 1.807) is 12.1 Å². The highest BCUT2D eigenvalue weighted by Crippen LogP contribution is 2.19. The predicted octanol–water partition coefficient (Wildman–Crippen LogP) is 1.78. The quantitative estimate of drug-likeness (QED) is 0.742. The minimum atomic E-state index is -0.145. The van der Waals surface area contributed by atoms with Gasteiger partial charge in [-0.1, -0.05) is 6.07 Å². The summed E-state index contributed by atoms with van der Waals surface area (Å²) in [6.45, 7) is 5.76. The molecule has 1 N–H and O–H groups in total. The van der Waals surface area contributed by atoms with Crippen molar-refractivity contribution < 1.29 is 5.11 Å². The lowest BCUT2D eigenvalue weighted by atomic mass is 9.95. The van der Waals surface area contributed by atoms with E-state index in [0.717, 1.165) is 11.1 Å². The molecular formula is C11H12NO. The van der Waals surface area contributed by atoms with Gasteiger partial charge in [-0.05, 0) is 37.1 Å². The molecule has 1 atom stereocenters. The molecule has 1 radical (unpaired) electrons. The van der Waals surface area contributed by atoms with Crippen molar-refractivity contribution in [3.05, 3.63) is 41.8 Å². The summed E-state index contributed by atoms with van der Waals surface area (Å²) in [7, 11) is 0. The largest absolute Gasteiger partial charge is 0.396 e. The van der Waals surface area contributed by atoms with E-state index in [9.17, 15) is 0 Å². The third-order valence-corrected chi connectivity index (χ3v) is 2.07. The maximum atomic E-state index is 8.93. The fraction of sp³-hybridized carbons (Fsp3) is 0.273. The van der Waals surface area contributed by atoms with E-state index in [-0.39, 0.29) is 12.5 Å². The molecule has 2 heteroatoms. The number of aliphatic hydroxyl groups is 1. The summed E-state index contributed by atoms with van der Waals surface area (Å²) in [5.41, 5.74) is 2.62. The molecule has 2 nitrogen and oxygen atoms in total. The van der Waals surface area contributed by atoms with Gasteiger partial charge in [0.15, 0.2) is 0 Å². The highest BCUT2D eigenvalue weighted by atomic mass is 16.3. The second-order valence-electron chi connectivity index (χ2n) is 3.06. The minimum absolute atomic E-state index is 0.00964. The maximum Gasteiger partial charge on any atom is 0.0991 e. The third-order valence-electron chi connectivity index (χ3n) is 2.07. The first-order valence-corrected chi connectivity index (χ1v) is 4.13. The summed E-state index contributed by atoms with van der Waals surface area (Å²) in [6, 6.07) is 7.49. The average molecular weight is 174 g/mol. The summed E-state index contributed by atoms with van der Waals surface area (Å²) in [6.07, 6.45) is 0. The molecule has 0 bridgehead atoms. The number of benzene rings is 1. The van der Waals surface area contributed by atoms with Crippen molar-refractivity contribution in [1.29, 1.82) is 5.26 Å². The van der Waals surface area contributed by atoms with E-state index < -0.39 is 0 Å². The SMILES string of the molecule is [CH2]C(CO)c1cc(C#N)ccc1C. The number of aryl methyl sites for hydroxylation is 1. The van der Waals surface area contributed by atoms with Gasteiger partial charge in [0.25, 0.3) is 0 Å². The van der Waals surface area contributed by atoms with Crippen molar-refractivity contribution in [3.8, 4) is 6.07 Å². The number of nitriles is 1. The molecule has 0 saturated carbocycles. The van der Waals surface area contributed by atoms with Crippen LogP contribution in [-0.4, -0.2) is 11.7 Å². The van der Waals surface area contributed by atoms with Crippen LogP contribution in [0.3, 0.4) is 0 Å². The van der Waals surface area contributed by atoms with E-state index in [4.69, 9.17) is 10.4 Å². The van der Waals surface area contributed by atoms with Crippen LogP contribution in [0.1, 0.15) is 22.6 Å². The minimum Gasteiger partial charge on any atom is -0.396 e. The Balaban J connectivity index is 3.12. The third kappa shape index (κ3) is 2.07.